The Balaban J connectivity index is 1.38. The summed E-state index contributed by atoms with van der Waals surface area (Å²) in [5, 5.41) is 120. The minimum absolute atomic E-state index is 0.241. The van der Waals surface area contributed by atoms with Crippen molar-refractivity contribution in [3.63, 3.8) is 0 Å². The van der Waals surface area contributed by atoms with Crippen LogP contribution in [-0.4, -0.2) is 193 Å². The highest BCUT2D eigenvalue weighted by molar-refractivity contribution is 5.76. The van der Waals surface area contributed by atoms with Crippen LogP contribution in [0.3, 0.4) is 0 Å². The normalized spacial score (nSPS) is 28.5. The fraction of sp³-hybridized carbons (Fsp3) is 0.928. The number of rotatable bonds is 55. The molecular formula is C69H129NO18. The van der Waals surface area contributed by atoms with Crippen molar-refractivity contribution in [1.82, 2.24) is 5.32 Å². The van der Waals surface area contributed by atoms with Gasteiger partial charge in [0.25, 0.3) is 0 Å². The Labute approximate surface area is 530 Å². The van der Waals surface area contributed by atoms with Crippen molar-refractivity contribution in [2.75, 3.05) is 26.4 Å². The van der Waals surface area contributed by atoms with Gasteiger partial charge in [0.1, 0.15) is 73.2 Å². The summed E-state index contributed by atoms with van der Waals surface area (Å²) >= 11 is 0. The van der Waals surface area contributed by atoms with E-state index in [1.807, 2.05) is 6.08 Å². The Kier molecular flexibility index (Phi) is 47.3. The van der Waals surface area contributed by atoms with Gasteiger partial charge >= 0.3 is 0 Å². The van der Waals surface area contributed by atoms with Crippen molar-refractivity contribution < 1.29 is 89.4 Å². The van der Waals surface area contributed by atoms with E-state index in [9.17, 15) is 61.0 Å². The topological polar surface area (TPSA) is 307 Å². The van der Waals surface area contributed by atoms with Crippen molar-refractivity contribution in [3.8, 4) is 0 Å². The van der Waals surface area contributed by atoms with Gasteiger partial charge in [-0.15, -0.1) is 0 Å². The van der Waals surface area contributed by atoms with Crippen LogP contribution in [0.25, 0.3) is 0 Å². The number of carbonyl (C=O) groups is 1. The molecule has 1 amide bonds. The number of nitrogens with one attached hydrogen (secondary N) is 1. The molecule has 19 nitrogen and oxygen atoms in total. The fourth-order valence-electron chi connectivity index (χ4n) is 12.2. The van der Waals surface area contributed by atoms with E-state index in [0.29, 0.717) is 12.8 Å². The van der Waals surface area contributed by atoms with E-state index < -0.39 is 124 Å². The summed E-state index contributed by atoms with van der Waals surface area (Å²) in [4.78, 5) is 13.4. The van der Waals surface area contributed by atoms with Crippen LogP contribution >= 0.6 is 0 Å². The molecule has 88 heavy (non-hydrogen) atoms. The smallest absolute Gasteiger partial charge is 0.220 e. The maximum Gasteiger partial charge on any atom is 0.220 e. The summed E-state index contributed by atoms with van der Waals surface area (Å²) < 4.78 is 34.3. The number of amides is 1. The summed E-state index contributed by atoms with van der Waals surface area (Å²) in [5.41, 5.74) is 0. The van der Waals surface area contributed by atoms with Crippen molar-refractivity contribution in [1.29, 1.82) is 0 Å². The zero-order valence-electron chi connectivity index (χ0n) is 54.7. The minimum atomic E-state index is -1.98. The van der Waals surface area contributed by atoms with Gasteiger partial charge < -0.3 is 89.9 Å². The van der Waals surface area contributed by atoms with Gasteiger partial charge in [0.15, 0.2) is 18.9 Å². The predicted octanol–water partition coefficient (Wildman–Crippen LogP) is 9.44. The Bertz CT molecular complexity index is 1690. The van der Waals surface area contributed by atoms with Crippen LogP contribution in [0, 0.1) is 0 Å². The molecule has 518 valence electrons. The van der Waals surface area contributed by atoms with Gasteiger partial charge in [0.2, 0.25) is 5.91 Å². The third kappa shape index (κ3) is 33.4. The Morgan fingerprint density at radius 1 is 0.398 bits per heavy atom. The number of allylic oxidation sites excluding steroid dienone is 3. The monoisotopic (exact) mass is 1260 g/mol. The van der Waals surface area contributed by atoms with Gasteiger partial charge in [0.05, 0.1) is 38.6 Å². The predicted molar refractivity (Wildman–Crippen MR) is 342 cm³/mol. The second-order valence-corrected chi connectivity index (χ2v) is 25.7. The highest BCUT2D eigenvalue weighted by Gasteiger charge is 2.53. The number of carbonyl (C=O) groups excluding carboxylic acids is 1. The first-order valence-corrected chi connectivity index (χ1v) is 35.6. The average molecular weight is 1260 g/mol. The van der Waals surface area contributed by atoms with Crippen molar-refractivity contribution in [2.45, 2.75) is 381 Å². The summed E-state index contributed by atoms with van der Waals surface area (Å²) in [6.07, 6.45) is 31.8. The molecule has 3 fully saturated rings. The first-order valence-electron chi connectivity index (χ1n) is 35.6. The lowest BCUT2D eigenvalue weighted by atomic mass is 9.96. The maximum atomic E-state index is 13.4. The molecule has 0 aromatic heterocycles. The van der Waals surface area contributed by atoms with Gasteiger partial charge in [0, 0.05) is 6.42 Å². The van der Waals surface area contributed by atoms with Crippen LogP contribution in [0.1, 0.15) is 277 Å². The molecule has 3 aliphatic heterocycles. The molecule has 0 saturated carbocycles. The molecule has 3 aliphatic rings. The largest absolute Gasteiger partial charge is 0.394 e. The molecule has 17 unspecified atom stereocenters. The quantitative estimate of drug-likeness (QED) is 0.0199. The highest BCUT2D eigenvalue weighted by Crippen LogP contribution is 2.33. The van der Waals surface area contributed by atoms with E-state index >= 15 is 0 Å². The zero-order chi connectivity index (χ0) is 64.0. The molecule has 0 aliphatic carbocycles. The van der Waals surface area contributed by atoms with Gasteiger partial charge in [-0.3, -0.25) is 4.79 Å². The van der Waals surface area contributed by atoms with Crippen molar-refractivity contribution >= 4 is 5.91 Å². The van der Waals surface area contributed by atoms with Crippen LogP contribution < -0.4 is 5.32 Å². The molecule has 3 heterocycles. The molecule has 12 N–H and O–H groups in total. The first-order chi connectivity index (χ1) is 42.8. The van der Waals surface area contributed by atoms with Crippen LogP contribution in [0.4, 0.5) is 0 Å². The number of ether oxygens (including phenoxy) is 6. The Hall–Kier alpha value is -1.73. The van der Waals surface area contributed by atoms with Gasteiger partial charge in [-0.2, -0.15) is 0 Å². The van der Waals surface area contributed by atoms with Gasteiger partial charge in [-0.05, 0) is 32.1 Å². The van der Waals surface area contributed by atoms with E-state index in [4.69, 9.17) is 28.4 Å². The van der Waals surface area contributed by atoms with Crippen molar-refractivity contribution in [2.24, 2.45) is 0 Å². The second-order valence-electron chi connectivity index (χ2n) is 25.7. The summed E-state index contributed by atoms with van der Waals surface area (Å²) in [7, 11) is 0. The number of aliphatic hydroxyl groups is 11. The molecule has 3 rings (SSSR count). The first kappa shape index (κ1) is 80.5. The number of unbranched alkanes of at least 4 members (excludes halogenated alkanes) is 37. The standard InChI is InChI=1S/C69H129NO18/c1-3-5-7-9-11-13-15-17-19-20-21-22-23-24-25-26-27-28-29-30-31-32-33-35-37-39-41-43-45-47-57(75)70-52(53(74)46-44-42-40-38-36-34-18-16-14-12-10-8-6-4-2)51-83-67-63(81)60(78)65(55(49-72)85-67)88-69-64(82)61(79)66(56(50-73)86-69)87-68-62(80)59(77)58(76)54(48-71)84-68/h36,38,44,46,52-56,58-69,71-74,76-82H,3-35,37,39-43,45,47-51H2,1-2H3,(H,70,75)/b38-36+,46-44+. The molecule has 0 bridgehead atoms. The average Bonchev–Trinajstić information content (AvgIpc) is 2.58. The number of hydrogen-bond donors (Lipinski definition) is 12. The van der Waals surface area contributed by atoms with Gasteiger partial charge in [-0.25, -0.2) is 0 Å². The molecule has 3 saturated heterocycles. The molecule has 0 spiro atoms. The van der Waals surface area contributed by atoms with Crippen molar-refractivity contribution in [3.05, 3.63) is 24.3 Å². The lowest BCUT2D eigenvalue weighted by Gasteiger charge is -2.48. The van der Waals surface area contributed by atoms with Crippen LogP contribution in [-0.2, 0) is 33.2 Å². The van der Waals surface area contributed by atoms with E-state index in [1.54, 1.807) is 6.08 Å². The summed E-state index contributed by atoms with van der Waals surface area (Å²) in [5.74, 6) is -0.281. The fourth-order valence-corrected chi connectivity index (χ4v) is 12.2. The molecule has 17 atom stereocenters. The third-order valence-electron chi connectivity index (χ3n) is 18.0. The van der Waals surface area contributed by atoms with Crippen LogP contribution in [0.15, 0.2) is 24.3 Å². The minimum Gasteiger partial charge on any atom is -0.394 e. The van der Waals surface area contributed by atoms with Gasteiger partial charge in [-0.1, -0.05) is 263 Å². The lowest BCUT2D eigenvalue weighted by molar-refractivity contribution is -0.379. The van der Waals surface area contributed by atoms with E-state index in [2.05, 4.69) is 31.3 Å². The molecule has 0 radical (unpaired) electrons. The second kappa shape index (κ2) is 51.7. The number of aliphatic hydroxyl groups excluding tert-OH is 11. The third-order valence-corrected chi connectivity index (χ3v) is 18.0. The summed E-state index contributed by atoms with van der Waals surface area (Å²) in [6.45, 7) is 1.73. The van der Waals surface area contributed by atoms with Crippen LogP contribution in [0.5, 0.6) is 0 Å². The SMILES string of the molecule is CCCCCCCCCC/C=C/CC/C=C/C(O)C(COC1OC(CO)C(OC2OC(CO)C(OC3OC(CO)C(O)C(O)C3O)C(O)C2O)C(O)C1O)NC(=O)CCCCCCCCCCCCCCCCCCCCCCCCCCCCCCC. The summed E-state index contributed by atoms with van der Waals surface area (Å²) in [6, 6.07) is -0.986. The number of hydrogen-bond acceptors (Lipinski definition) is 18. The molecule has 19 heteroatoms. The zero-order valence-corrected chi connectivity index (χ0v) is 54.7. The van der Waals surface area contributed by atoms with E-state index in [-0.39, 0.29) is 18.9 Å². The molecular weight excluding hydrogens is 1130 g/mol. The lowest BCUT2D eigenvalue weighted by Crippen LogP contribution is -2.66. The Morgan fingerprint density at radius 3 is 1.14 bits per heavy atom. The molecule has 0 aromatic rings. The Morgan fingerprint density at radius 2 is 0.727 bits per heavy atom. The highest BCUT2D eigenvalue weighted by atomic mass is 16.8. The van der Waals surface area contributed by atoms with E-state index in [1.165, 1.54) is 205 Å². The molecule has 0 aromatic carbocycles. The maximum absolute atomic E-state index is 13.4. The van der Waals surface area contributed by atoms with Crippen LogP contribution in [0.2, 0.25) is 0 Å². The van der Waals surface area contributed by atoms with E-state index in [0.717, 1.165) is 38.5 Å².